The van der Waals surface area contributed by atoms with Crippen molar-refractivity contribution in [2.75, 3.05) is 20.7 Å². The highest BCUT2D eigenvalue weighted by atomic mass is 35.5. The predicted octanol–water partition coefficient (Wildman–Crippen LogP) is 1.05. The molecule has 0 amide bonds. The van der Waals surface area contributed by atoms with Gasteiger partial charge in [-0.25, -0.2) is 17.5 Å². The van der Waals surface area contributed by atoms with Gasteiger partial charge in [0.25, 0.3) is 0 Å². The zero-order valence-electron chi connectivity index (χ0n) is 9.75. The SMILES string of the molecule is CN(C)S(=O)(=O)c1ccc(OCC(=O)O)c(Cl)c1. The highest BCUT2D eigenvalue weighted by molar-refractivity contribution is 7.89. The lowest BCUT2D eigenvalue weighted by atomic mass is 10.3. The Morgan fingerprint density at radius 3 is 2.50 bits per heavy atom. The monoisotopic (exact) mass is 293 g/mol. The maximum absolute atomic E-state index is 11.8. The number of ether oxygens (including phenoxy) is 1. The summed E-state index contributed by atoms with van der Waals surface area (Å²) in [7, 11) is -0.769. The summed E-state index contributed by atoms with van der Waals surface area (Å²) in [5.41, 5.74) is 0. The molecule has 0 bridgehead atoms. The molecule has 0 radical (unpaired) electrons. The van der Waals surface area contributed by atoms with E-state index in [4.69, 9.17) is 21.4 Å². The summed E-state index contributed by atoms with van der Waals surface area (Å²) >= 11 is 5.82. The second kappa shape index (κ2) is 5.55. The van der Waals surface area contributed by atoms with Crippen molar-refractivity contribution in [3.05, 3.63) is 23.2 Å². The van der Waals surface area contributed by atoms with Crippen molar-refractivity contribution in [2.24, 2.45) is 0 Å². The van der Waals surface area contributed by atoms with Crippen molar-refractivity contribution in [1.82, 2.24) is 4.31 Å². The molecule has 6 nitrogen and oxygen atoms in total. The molecule has 0 spiro atoms. The van der Waals surface area contributed by atoms with Crippen LogP contribution in [0.5, 0.6) is 5.75 Å². The average molecular weight is 294 g/mol. The topological polar surface area (TPSA) is 83.9 Å². The van der Waals surface area contributed by atoms with Crippen LogP contribution in [0.15, 0.2) is 23.1 Å². The van der Waals surface area contributed by atoms with Gasteiger partial charge in [0, 0.05) is 14.1 Å². The number of carboxylic acid groups (broad SMARTS) is 1. The van der Waals surface area contributed by atoms with Gasteiger partial charge in [0.15, 0.2) is 6.61 Å². The molecular formula is C10H12ClNO5S. The number of carbonyl (C=O) groups is 1. The van der Waals surface area contributed by atoms with Crippen LogP contribution in [-0.2, 0) is 14.8 Å². The van der Waals surface area contributed by atoms with E-state index in [1.54, 1.807) is 0 Å². The Labute approximate surface area is 110 Å². The zero-order valence-corrected chi connectivity index (χ0v) is 11.3. The smallest absolute Gasteiger partial charge is 0.341 e. The molecule has 0 aliphatic carbocycles. The van der Waals surface area contributed by atoms with Gasteiger partial charge in [-0.3, -0.25) is 0 Å². The number of hydrogen-bond donors (Lipinski definition) is 1. The van der Waals surface area contributed by atoms with Crippen LogP contribution in [0, 0.1) is 0 Å². The van der Waals surface area contributed by atoms with Crippen molar-refractivity contribution < 1.29 is 23.1 Å². The van der Waals surface area contributed by atoms with Crippen LogP contribution >= 0.6 is 11.6 Å². The molecule has 1 N–H and O–H groups in total. The molecule has 0 saturated heterocycles. The van der Waals surface area contributed by atoms with Crippen molar-refractivity contribution >= 4 is 27.6 Å². The molecular weight excluding hydrogens is 282 g/mol. The van der Waals surface area contributed by atoms with Crippen LogP contribution in [0.2, 0.25) is 5.02 Å². The molecule has 0 fully saturated rings. The number of hydrogen-bond acceptors (Lipinski definition) is 4. The maximum atomic E-state index is 11.8. The van der Waals surface area contributed by atoms with Gasteiger partial charge in [-0.1, -0.05) is 11.6 Å². The number of rotatable bonds is 5. The Morgan fingerprint density at radius 2 is 2.06 bits per heavy atom. The van der Waals surface area contributed by atoms with Crippen molar-refractivity contribution in [2.45, 2.75) is 4.90 Å². The van der Waals surface area contributed by atoms with Crippen molar-refractivity contribution in [3.8, 4) is 5.75 Å². The fraction of sp³-hybridized carbons (Fsp3) is 0.300. The van der Waals surface area contributed by atoms with Crippen molar-refractivity contribution in [3.63, 3.8) is 0 Å². The predicted molar refractivity (Wildman–Crippen MR) is 65.5 cm³/mol. The van der Waals surface area contributed by atoms with Crippen LogP contribution in [0.1, 0.15) is 0 Å². The Kier molecular flexibility index (Phi) is 4.55. The molecule has 0 atom stereocenters. The van der Waals surface area contributed by atoms with Gasteiger partial charge in [0.05, 0.1) is 9.92 Å². The number of sulfonamides is 1. The summed E-state index contributed by atoms with van der Waals surface area (Å²) in [6, 6.07) is 3.84. The number of aliphatic carboxylic acids is 1. The molecule has 8 heteroatoms. The lowest BCUT2D eigenvalue weighted by Crippen LogP contribution is -2.22. The molecule has 0 aromatic heterocycles. The molecule has 0 aliphatic rings. The molecule has 0 saturated carbocycles. The Morgan fingerprint density at radius 1 is 1.44 bits per heavy atom. The van der Waals surface area contributed by atoms with E-state index in [0.717, 1.165) is 4.31 Å². The van der Waals surface area contributed by atoms with Crippen LogP contribution in [-0.4, -0.2) is 44.5 Å². The van der Waals surface area contributed by atoms with Crippen LogP contribution in [0.3, 0.4) is 0 Å². The van der Waals surface area contributed by atoms with Crippen molar-refractivity contribution in [1.29, 1.82) is 0 Å². The number of benzene rings is 1. The normalized spacial score (nSPS) is 11.6. The zero-order chi connectivity index (χ0) is 13.9. The molecule has 1 rings (SSSR count). The summed E-state index contributed by atoms with van der Waals surface area (Å²) < 4.78 is 29.5. The van der Waals surface area contributed by atoms with E-state index in [1.165, 1.54) is 32.3 Å². The average Bonchev–Trinajstić information content (AvgIpc) is 2.26. The third-order valence-corrected chi connectivity index (χ3v) is 4.14. The fourth-order valence-electron chi connectivity index (χ4n) is 1.11. The lowest BCUT2D eigenvalue weighted by molar-refractivity contribution is -0.139. The second-order valence-electron chi connectivity index (χ2n) is 3.56. The third kappa shape index (κ3) is 3.34. The van der Waals surface area contributed by atoms with E-state index in [0.29, 0.717) is 0 Å². The van der Waals surface area contributed by atoms with E-state index < -0.39 is 22.6 Å². The molecule has 0 heterocycles. The van der Waals surface area contributed by atoms with E-state index in [2.05, 4.69) is 0 Å². The standard InChI is InChI=1S/C10H12ClNO5S/c1-12(2)18(15,16)7-3-4-9(8(11)5-7)17-6-10(13)14/h3-5H,6H2,1-2H3,(H,13,14). The minimum Gasteiger partial charge on any atom is -0.480 e. The Balaban J connectivity index is 3.03. The minimum atomic E-state index is -3.57. The van der Waals surface area contributed by atoms with Gasteiger partial charge in [0.2, 0.25) is 10.0 Å². The summed E-state index contributed by atoms with van der Waals surface area (Å²) in [6.45, 7) is -0.542. The molecule has 18 heavy (non-hydrogen) atoms. The van der Waals surface area contributed by atoms with Crippen LogP contribution in [0.25, 0.3) is 0 Å². The first-order valence-electron chi connectivity index (χ1n) is 4.82. The minimum absolute atomic E-state index is 0.0141. The second-order valence-corrected chi connectivity index (χ2v) is 6.12. The van der Waals surface area contributed by atoms with E-state index >= 15 is 0 Å². The first kappa shape index (κ1) is 14.7. The third-order valence-electron chi connectivity index (χ3n) is 2.03. The summed E-state index contributed by atoms with van der Waals surface area (Å²) in [4.78, 5) is 10.3. The molecule has 100 valence electrons. The molecule has 0 unspecified atom stereocenters. The number of halogens is 1. The number of carboxylic acids is 1. The largest absolute Gasteiger partial charge is 0.480 e. The summed E-state index contributed by atoms with van der Waals surface area (Å²) in [5.74, 6) is -1.02. The Hall–Kier alpha value is -1.31. The maximum Gasteiger partial charge on any atom is 0.341 e. The van der Waals surface area contributed by atoms with Gasteiger partial charge in [-0.15, -0.1) is 0 Å². The first-order valence-corrected chi connectivity index (χ1v) is 6.63. The molecule has 1 aromatic carbocycles. The van der Waals surface area contributed by atoms with Gasteiger partial charge in [-0.2, -0.15) is 0 Å². The van der Waals surface area contributed by atoms with Crippen LogP contribution in [0.4, 0.5) is 0 Å². The van der Waals surface area contributed by atoms with E-state index in [-0.39, 0.29) is 15.7 Å². The Bertz CT molecular complexity index is 555. The first-order chi connectivity index (χ1) is 8.25. The highest BCUT2D eigenvalue weighted by Crippen LogP contribution is 2.28. The van der Waals surface area contributed by atoms with Gasteiger partial charge < -0.3 is 9.84 Å². The molecule has 0 aliphatic heterocycles. The lowest BCUT2D eigenvalue weighted by Gasteiger charge is -2.12. The summed E-state index contributed by atoms with van der Waals surface area (Å²) in [6.07, 6.45) is 0. The number of nitrogens with zero attached hydrogens (tertiary/aromatic N) is 1. The molecule has 1 aromatic rings. The van der Waals surface area contributed by atoms with Gasteiger partial charge in [-0.05, 0) is 18.2 Å². The summed E-state index contributed by atoms with van der Waals surface area (Å²) in [5, 5.41) is 8.49. The quantitative estimate of drug-likeness (QED) is 0.877. The van der Waals surface area contributed by atoms with Gasteiger partial charge in [0.1, 0.15) is 5.75 Å². The van der Waals surface area contributed by atoms with E-state index in [9.17, 15) is 13.2 Å². The van der Waals surface area contributed by atoms with E-state index in [1.807, 2.05) is 0 Å². The van der Waals surface area contributed by atoms with Gasteiger partial charge >= 0.3 is 5.97 Å². The van der Waals surface area contributed by atoms with Crippen LogP contribution < -0.4 is 4.74 Å². The highest BCUT2D eigenvalue weighted by Gasteiger charge is 2.18. The fourth-order valence-corrected chi connectivity index (χ4v) is 2.34.